The van der Waals surface area contributed by atoms with Crippen LogP contribution >= 0.6 is 0 Å². The van der Waals surface area contributed by atoms with E-state index in [1.54, 1.807) is 0 Å². The number of hydrazine groups is 1. The van der Waals surface area contributed by atoms with E-state index in [4.69, 9.17) is 5.73 Å². The molecule has 33 heavy (non-hydrogen) atoms. The van der Waals surface area contributed by atoms with Crippen LogP contribution in [0.2, 0.25) is 0 Å². The number of hydrogen-bond acceptors (Lipinski definition) is 5. The van der Waals surface area contributed by atoms with Crippen molar-refractivity contribution in [3.63, 3.8) is 0 Å². The Labute approximate surface area is 204 Å². The van der Waals surface area contributed by atoms with E-state index in [0.717, 1.165) is 30.7 Å². The van der Waals surface area contributed by atoms with Crippen molar-refractivity contribution in [3.8, 4) is 0 Å². The van der Waals surface area contributed by atoms with Gasteiger partial charge in [-0.1, -0.05) is 58.6 Å². The largest absolute Gasteiger partial charge is 0.382 e. The molecule has 0 spiro atoms. The first kappa shape index (κ1) is 30.7. The molecule has 0 aromatic carbocycles. The van der Waals surface area contributed by atoms with E-state index < -0.39 is 0 Å². The van der Waals surface area contributed by atoms with Crippen LogP contribution in [-0.4, -0.2) is 49.0 Å². The fourth-order valence-electron chi connectivity index (χ4n) is 3.65. The van der Waals surface area contributed by atoms with Crippen LogP contribution in [-0.2, 0) is 0 Å². The van der Waals surface area contributed by atoms with Crippen molar-refractivity contribution >= 4 is 6.34 Å². The van der Waals surface area contributed by atoms with E-state index >= 15 is 0 Å². The molecule has 188 valence electrons. The number of likely N-dealkylation sites (N-methyl/N-ethyl adjacent to an activating group) is 1. The van der Waals surface area contributed by atoms with Gasteiger partial charge in [0.15, 0.2) is 0 Å². The predicted molar refractivity (Wildman–Crippen MR) is 146 cm³/mol. The molecule has 0 heterocycles. The van der Waals surface area contributed by atoms with Crippen molar-refractivity contribution in [2.75, 3.05) is 20.6 Å². The zero-order valence-corrected chi connectivity index (χ0v) is 22.5. The fourth-order valence-corrected chi connectivity index (χ4v) is 3.65. The van der Waals surface area contributed by atoms with Crippen LogP contribution in [0, 0.1) is 11.8 Å². The van der Waals surface area contributed by atoms with Gasteiger partial charge in [-0.2, -0.15) is 0 Å². The first-order valence-electron chi connectivity index (χ1n) is 12.0. The van der Waals surface area contributed by atoms with Gasteiger partial charge >= 0.3 is 0 Å². The molecular weight excluding hydrogens is 408 g/mol. The summed E-state index contributed by atoms with van der Waals surface area (Å²) < 4.78 is 0. The van der Waals surface area contributed by atoms with Gasteiger partial charge in [-0.15, -0.1) is 6.58 Å². The van der Waals surface area contributed by atoms with Crippen LogP contribution in [0.5, 0.6) is 0 Å². The maximum Gasteiger partial charge on any atom is 0.106 e. The molecule has 0 amide bonds. The summed E-state index contributed by atoms with van der Waals surface area (Å²) in [6.45, 7) is 30.0. The molecule has 0 fully saturated rings. The molecule has 6 heteroatoms. The molecule has 0 aromatic rings. The first-order valence-corrected chi connectivity index (χ1v) is 12.0. The van der Waals surface area contributed by atoms with Gasteiger partial charge in [0.1, 0.15) is 6.34 Å². The Hall–Kier alpha value is -2.31. The highest BCUT2D eigenvalue weighted by Gasteiger charge is 2.22. The second kappa shape index (κ2) is 15.5. The molecule has 4 unspecified atom stereocenters. The first-order chi connectivity index (χ1) is 15.4. The lowest BCUT2D eigenvalue weighted by Crippen LogP contribution is -2.45. The van der Waals surface area contributed by atoms with E-state index in [1.807, 2.05) is 31.5 Å². The minimum atomic E-state index is 0.108. The van der Waals surface area contributed by atoms with Crippen molar-refractivity contribution < 1.29 is 0 Å². The van der Waals surface area contributed by atoms with Gasteiger partial charge in [-0.05, 0) is 45.4 Å². The Kier molecular flexibility index (Phi) is 14.4. The van der Waals surface area contributed by atoms with Crippen molar-refractivity contribution in [2.24, 2.45) is 22.6 Å². The van der Waals surface area contributed by atoms with Crippen molar-refractivity contribution in [1.82, 2.24) is 20.7 Å². The molecule has 0 aliphatic carbocycles. The molecule has 0 saturated heterocycles. The van der Waals surface area contributed by atoms with Gasteiger partial charge in [0.25, 0.3) is 0 Å². The predicted octanol–water partition coefficient (Wildman–Crippen LogP) is 5.17. The van der Waals surface area contributed by atoms with E-state index in [1.165, 1.54) is 11.3 Å². The summed E-state index contributed by atoms with van der Waals surface area (Å²) in [4.78, 5) is 6.72. The SMILES string of the molecule is C=CC(CCC(=C(C)C)N(C)C(=C)C(=C)/N=C\N(NC)C(C)C(C)C(C)CC)NC(=C)CN. The number of aliphatic imine (C=N–C) groups is 1. The van der Waals surface area contributed by atoms with Crippen molar-refractivity contribution in [3.05, 3.63) is 60.8 Å². The number of allylic oxidation sites excluding steroid dienone is 2. The Morgan fingerprint density at radius 1 is 1.15 bits per heavy atom. The molecule has 0 rings (SSSR count). The molecular formula is C27H50N6. The molecule has 6 nitrogen and oxygen atoms in total. The van der Waals surface area contributed by atoms with E-state index in [-0.39, 0.29) is 6.04 Å². The van der Waals surface area contributed by atoms with Crippen LogP contribution in [0.1, 0.15) is 60.8 Å². The van der Waals surface area contributed by atoms with Gasteiger partial charge in [0.05, 0.1) is 11.4 Å². The summed E-state index contributed by atoms with van der Waals surface area (Å²) in [6.07, 6.45) is 6.60. The number of nitrogens with zero attached hydrogens (tertiary/aromatic N) is 3. The van der Waals surface area contributed by atoms with Crippen LogP contribution in [0.25, 0.3) is 0 Å². The van der Waals surface area contributed by atoms with Crippen molar-refractivity contribution in [2.45, 2.75) is 72.9 Å². The second-order valence-electron chi connectivity index (χ2n) is 9.09. The van der Waals surface area contributed by atoms with Crippen LogP contribution in [0.15, 0.2) is 65.7 Å². The zero-order chi connectivity index (χ0) is 25.7. The molecule has 4 N–H and O–H groups in total. The summed E-state index contributed by atoms with van der Waals surface area (Å²) in [5.74, 6) is 1.15. The molecule has 0 aliphatic rings. The highest BCUT2D eigenvalue weighted by Crippen LogP contribution is 2.24. The van der Waals surface area contributed by atoms with Gasteiger partial charge in [-0.25, -0.2) is 10.4 Å². The third-order valence-corrected chi connectivity index (χ3v) is 6.67. The molecule has 0 radical (unpaired) electrons. The summed E-state index contributed by atoms with van der Waals surface area (Å²) in [7, 11) is 3.93. The summed E-state index contributed by atoms with van der Waals surface area (Å²) in [6, 6.07) is 0.406. The van der Waals surface area contributed by atoms with Crippen LogP contribution in [0.4, 0.5) is 0 Å². The third-order valence-electron chi connectivity index (χ3n) is 6.67. The Bertz CT molecular complexity index is 716. The van der Waals surface area contributed by atoms with Gasteiger partial charge in [-0.3, -0.25) is 5.01 Å². The Morgan fingerprint density at radius 2 is 1.76 bits per heavy atom. The molecule has 0 saturated carbocycles. The number of nitrogens with two attached hydrogens (primary N) is 1. The molecule has 4 atom stereocenters. The Balaban J connectivity index is 5.30. The maximum atomic E-state index is 5.66. The fraction of sp³-hybridized carbons (Fsp3) is 0.593. The van der Waals surface area contributed by atoms with Gasteiger partial charge in [0, 0.05) is 44.1 Å². The number of hydrogen-bond donors (Lipinski definition) is 3. The monoisotopic (exact) mass is 458 g/mol. The normalized spacial score (nSPS) is 14.7. The van der Waals surface area contributed by atoms with E-state index in [2.05, 4.69) is 88.5 Å². The van der Waals surface area contributed by atoms with Crippen LogP contribution < -0.4 is 16.5 Å². The lowest BCUT2D eigenvalue weighted by molar-refractivity contribution is 0.170. The lowest BCUT2D eigenvalue weighted by atomic mass is 9.88. The van der Waals surface area contributed by atoms with E-state index in [0.29, 0.717) is 30.1 Å². The highest BCUT2D eigenvalue weighted by molar-refractivity contribution is 5.58. The number of rotatable bonds is 17. The summed E-state index contributed by atoms with van der Waals surface area (Å²) in [5, 5.41) is 5.36. The smallest absolute Gasteiger partial charge is 0.106 e. The minimum absolute atomic E-state index is 0.108. The summed E-state index contributed by atoms with van der Waals surface area (Å²) in [5.41, 5.74) is 13.5. The average Bonchev–Trinajstić information content (AvgIpc) is 2.80. The quantitative estimate of drug-likeness (QED) is 0.0922. The van der Waals surface area contributed by atoms with E-state index in [9.17, 15) is 0 Å². The van der Waals surface area contributed by atoms with Gasteiger partial charge < -0.3 is 16.0 Å². The highest BCUT2D eigenvalue weighted by atomic mass is 15.5. The van der Waals surface area contributed by atoms with Gasteiger partial charge in [0.2, 0.25) is 0 Å². The standard InChI is InChI=1S/C27H50N6/c1-13-20(5)22(7)24(9)33(29-11)18-30-23(8)25(10)32(12)27(19(3)4)16-15-26(14-2)31-21(6)17-28/h14,18,20,22,24,26,29,31H,2,6,8,10,13,15-17,28H2,1,3-5,7,9,11-12H3/b30-18-. The molecule has 0 aromatic heterocycles. The topological polar surface area (TPSA) is 68.9 Å². The molecule has 0 bridgehead atoms. The third kappa shape index (κ3) is 10.0. The second-order valence-corrected chi connectivity index (χ2v) is 9.09. The van der Waals surface area contributed by atoms with Crippen LogP contribution in [0.3, 0.4) is 0 Å². The average molecular weight is 459 g/mol. The Morgan fingerprint density at radius 3 is 2.21 bits per heavy atom. The minimum Gasteiger partial charge on any atom is -0.382 e. The lowest BCUT2D eigenvalue weighted by Gasteiger charge is -2.33. The zero-order valence-electron chi connectivity index (χ0n) is 22.5. The number of nitrogens with one attached hydrogen (secondary N) is 2. The summed E-state index contributed by atoms with van der Waals surface area (Å²) >= 11 is 0. The van der Waals surface area contributed by atoms with Crippen molar-refractivity contribution in [1.29, 1.82) is 0 Å². The molecule has 0 aliphatic heterocycles. The maximum absolute atomic E-state index is 5.66.